The molecule has 1 unspecified atom stereocenters. The molecule has 12 heteroatoms. The molecule has 67 heavy (non-hydrogen) atoms. The molecule has 0 saturated heterocycles. The Morgan fingerprint density at radius 3 is 1.24 bits per heavy atom. The predicted octanol–water partition coefficient (Wildman–Crippen LogP) is 8.11. The molecule has 5 aromatic carbocycles. The highest BCUT2D eigenvalue weighted by molar-refractivity contribution is 5.97. The van der Waals surface area contributed by atoms with Crippen LogP contribution in [0.25, 0.3) is 0 Å². The van der Waals surface area contributed by atoms with Crippen molar-refractivity contribution in [3.05, 3.63) is 140 Å². The Balaban J connectivity index is 1.16. The molecule has 0 spiro atoms. The van der Waals surface area contributed by atoms with Crippen molar-refractivity contribution in [3.63, 3.8) is 0 Å². The van der Waals surface area contributed by atoms with Gasteiger partial charge in [0.25, 0.3) is 0 Å². The number of nitrogens with zero attached hydrogens (tertiary/aromatic N) is 10. The Bertz CT molecular complexity index is 2600. The van der Waals surface area contributed by atoms with Crippen molar-refractivity contribution in [2.24, 2.45) is 0 Å². The number of aromatic carboxylic acids is 1. The van der Waals surface area contributed by atoms with Crippen molar-refractivity contribution in [2.45, 2.75) is 72.4 Å². The smallest absolute Gasteiger partial charge is 0.336 e. The quantitative estimate of drug-likeness (QED) is 0.146. The highest BCUT2D eigenvalue weighted by atomic mass is 16.4. The molecule has 6 heterocycles. The molecule has 11 rings (SSSR count). The van der Waals surface area contributed by atoms with E-state index in [0.717, 1.165) is 114 Å². The highest BCUT2D eigenvalue weighted by Crippen LogP contribution is 2.52. The summed E-state index contributed by atoms with van der Waals surface area (Å²) in [4.78, 5) is 37.5. The summed E-state index contributed by atoms with van der Waals surface area (Å²) < 4.78 is 0. The molecule has 350 valence electrons. The third kappa shape index (κ3) is 7.09. The van der Waals surface area contributed by atoms with Gasteiger partial charge in [-0.3, -0.25) is 24.5 Å². The number of rotatable bonds is 9. The van der Waals surface area contributed by atoms with Crippen LogP contribution in [0.15, 0.2) is 78.9 Å². The van der Waals surface area contributed by atoms with Gasteiger partial charge in [0.05, 0.1) is 44.3 Å². The van der Waals surface area contributed by atoms with Crippen LogP contribution >= 0.6 is 0 Å². The summed E-state index contributed by atoms with van der Waals surface area (Å²) in [6.45, 7) is 21.5. The van der Waals surface area contributed by atoms with Crippen LogP contribution in [0.2, 0.25) is 0 Å². The van der Waals surface area contributed by atoms with Gasteiger partial charge in [-0.2, -0.15) is 0 Å². The molecule has 0 fully saturated rings. The predicted molar refractivity (Wildman–Crippen MR) is 272 cm³/mol. The molecular weight excluding hydrogens is 833 g/mol. The van der Waals surface area contributed by atoms with Crippen LogP contribution in [0.3, 0.4) is 0 Å². The molecule has 2 bridgehead atoms. The van der Waals surface area contributed by atoms with E-state index < -0.39 is 11.4 Å². The first-order valence-corrected chi connectivity index (χ1v) is 24.6. The maximum absolute atomic E-state index is 13.3. The first kappa shape index (κ1) is 43.9. The van der Waals surface area contributed by atoms with E-state index in [-0.39, 0.29) is 0 Å². The fraction of sp³-hybridized carbons (Fsp3) is 0.436. The topological polar surface area (TPSA) is 69.7 Å². The Morgan fingerprint density at radius 1 is 0.448 bits per heavy atom. The van der Waals surface area contributed by atoms with E-state index in [2.05, 4.69) is 184 Å². The largest absolute Gasteiger partial charge is 0.478 e. The van der Waals surface area contributed by atoms with Crippen LogP contribution in [-0.2, 0) is 44.7 Å². The lowest BCUT2D eigenvalue weighted by Crippen LogP contribution is -2.46. The fourth-order valence-corrected chi connectivity index (χ4v) is 12.8. The number of benzene rings is 5. The summed E-state index contributed by atoms with van der Waals surface area (Å²) in [6.07, 6.45) is 0. The molecule has 1 N–H and O–H groups in total. The van der Waals surface area contributed by atoms with Crippen molar-refractivity contribution in [1.82, 2.24) is 24.5 Å². The molecule has 0 aliphatic carbocycles. The first-order valence-electron chi connectivity index (χ1n) is 24.6. The van der Waals surface area contributed by atoms with Crippen LogP contribution in [0, 0.1) is 0 Å². The Morgan fingerprint density at radius 2 is 0.821 bits per heavy atom. The zero-order valence-electron chi connectivity index (χ0n) is 40.9. The van der Waals surface area contributed by atoms with E-state index in [9.17, 15) is 9.90 Å². The lowest BCUT2D eigenvalue weighted by Gasteiger charge is -2.47. The van der Waals surface area contributed by atoms with Gasteiger partial charge in [-0.15, -0.1) is 0 Å². The Hall–Kier alpha value is -5.63. The molecule has 0 amide bonds. The number of carboxylic acid groups (broad SMARTS) is 1. The molecule has 0 aromatic heterocycles. The zero-order chi connectivity index (χ0) is 46.5. The van der Waals surface area contributed by atoms with Crippen LogP contribution < -0.4 is 24.5 Å². The Kier molecular flexibility index (Phi) is 11.0. The molecule has 5 aromatic rings. The van der Waals surface area contributed by atoms with E-state index in [4.69, 9.17) is 0 Å². The fourth-order valence-electron chi connectivity index (χ4n) is 12.8. The van der Waals surface area contributed by atoms with E-state index in [1.807, 2.05) is 0 Å². The standard InChI is InChI=1S/C55H68N10O2/c1-9-61-32-56(5)26-37-21-41(13-17-47(37)61)55(42-14-18-48-38(22-42)27-57(6)33-62(48)10-2,43-15-19-49-39(23-43)28-58(7)34-63(49)11-3)44-16-20-50-40(24-44)29-60-31-46-52(65(50)36-60)25-51-45(53(46)54(66)67)30-59(8)35-64(51)12-4/h13-25H,9-12,26-36H2,1-8H3,(H,66,67). The number of carboxylic acids is 1. The first-order chi connectivity index (χ1) is 32.4. The third-order valence-electron chi connectivity index (χ3n) is 15.7. The maximum atomic E-state index is 13.3. The number of hydrogen-bond acceptors (Lipinski definition) is 11. The summed E-state index contributed by atoms with van der Waals surface area (Å²) in [5.41, 5.74) is 19.2. The molecule has 6 aliphatic heterocycles. The average Bonchev–Trinajstić information content (AvgIpc) is 3.31. The maximum Gasteiger partial charge on any atom is 0.336 e. The lowest BCUT2D eigenvalue weighted by molar-refractivity contribution is 0.0691. The highest BCUT2D eigenvalue weighted by Gasteiger charge is 2.43. The van der Waals surface area contributed by atoms with Crippen molar-refractivity contribution >= 4 is 40.1 Å². The molecular formula is C55H68N10O2. The normalized spacial score (nSPS) is 19.7. The summed E-state index contributed by atoms with van der Waals surface area (Å²) in [7, 11) is 8.79. The molecule has 6 aliphatic rings. The summed E-state index contributed by atoms with van der Waals surface area (Å²) in [6, 6.07) is 31.7. The van der Waals surface area contributed by atoms with E-state index in [0.29, 0.717) is 18.7 Å². The van der Waals surface area contributed by atoms with Gasteiger partial charge in [0.15, 0.2) is 0 Å². The van der Waals surface area contributed by atoms with Crippen LogP contribution in [0.4, 0.5) is 34.1 Å². The van der Waals surface area contributed by atoms with Crippen molar-refractivity contribution in [3.8, 4) is 0 Å². The summed E-state index contributed by atoms with van der Waals surface area (Å²) >= 11 is 0. The summed E-state index contributed by atoms with van der Waals surface area (Å²) in [5.74, 6) is -0.836. The zero-order valence-corrected chi connectivity index (χ0v) is 40.9. The second-order valence-electron chi connectivity index (χ2n) is 20.3. The third-order valence-corrected chi connectivity index (χ3v) is 15.7. The molecule has 1 atom stereocenters. The van der Waals surface area contributed by atoms with Gasteiger partial charge in [0, 0.05) is 111 Å². The van der Waals surface area contributed by atoms with Crippen LogP contribution in [0.5, 0.6) is 0 Å². The SMILES string of the molecule is CCN1CN(C)Cc2cc(C(c3ccc4c(c3)CN(C)CN4CC)(c3ccc4c(c3)CN(C)CN4CC)c3ccc4c(c3)CN3Cc5c(cc6c(c5C(=O)O)CN(C)CN6CC)N4C3)ccc21. The number of hydrogen-bond donors (Lipinski definition) is 1. The van der Waals surface area contributed by atoms with Crippen molar-refractivity contribution in [1.29, 1.82) is 0 Å². The summed E-state index contributed by atoms with van der Waals surface area (Å²) in [5, 5.41) is 10.9. The van der Waals surface area contributed by atoms with E-state index in [1.165, 1.54) is 61.6 Å². The van der Waals surface area contributed by atoms with Gasteiger partial charge < -0.3 is 29.6 Å². The monoisotopic (exact) mass is 901 g/mol. The van der Waals surface area contributed by atoms with E-state index in [1.54, 1.807) is 0 Å². The van der Waals surface area contributed by atoms with Gasteiger partial charge in [-0.25, -0.2) is 4.79 Å². The molecule has 0 radical (unpaired) electrons. The van der Waals surface area contributed by atoms with Crippen molar-refractivity contribution in [2.75, 3.05) is 112 Å². The van der Waals surface area contributed by atoms with Gasteiger partial charge in [0.2, 0.25) is 0 Å². The van der Waals surface area contributed by atoms with Gasteiger partial charge >= 0.3 is 5.97 Å². The number of carbonyl (C=O) groups is 1. The molecule has 12 nitrogen and oxygen atoms in total. The van der Waals surface area contributed by atoms with E-state index >= 15 is 0 Å². The molecule has 0 saturated carbocycles. The van der Waals surface area contributed by atoms with Gasteiger partial charge in [0.1, 0.15) is 0 Å². The van der Waals surface area contributed by atoms with Crippen molar-refractivity contribution < 1.29 is 9.90 Å². The van der Waals surface area contributed by atoms with Crippen LogP contribution in [0.1, 0.15) is 93.7 Å². The lowest BCUT2D eigenvalue weighted by atomic mass is 9.63. The minimum Gasteiger partial charge on any atom is -0.478 e. The minimum absolute atomic E-state index is 0.477. The number of fused-ring (bicyclic) bond motifs is 10. The van der Waals surface area contributed by atoms with Gasteiger partial charge in [-0.1, -0.05) is 48.5 Å². The van der Waals surface area contributed by atoms with Gasteiger partial charge in [-0.05, 0) is 131 Å². The minimum atomic E-state index is -0.836. The number of anilines is 6. The Labute approximate surface area is 397 Å². The average molecular weight is 901 g/mol. The second-order valence-corrected chi connectivity index (χ2v) is 20.3. The second kappa shape index (κ2) is 16.9. The van der Waals surface area contributed by atoms with Crippen LogP contribution in [-0.4, -0.2) is 123 Å².